The first-order chi connectivity index (χ1) is 9.23. The van der Waals surface area contributed by atoms with Gasteiger partial charge in [0.25, 0.3) is 11.4 Å². The molecular formula is C11H8N2O7. The van der Waals surface area contributed by atoms with Gasteiger partial charge in [0.05, 0.1) is 15.9 Å². The third-order valence-electron chi connectivity index (χ3n) is 2.14. The third-order valence-corrected chi connectivity index (χ3v) is 2.14. The van der Waals surface area contributed by atoms with Crippen LogP contribution in [0.1, 0.15) is 17.3 Å². The lowest BCUT2D eigenvalue weighted by Gasteiger charge is -2.03. The van der Waals surface area contributed by atoms with Crippen LogP contribution in [-0.4, -0.2) is 21.8 Å². The van der Waals surface area contributed by atoms with E-state index in [9.17, 15) is 29.8 Å². The van der Waals surface area contributed by atoms with E-state index < -0.39 is 38.7 Å². The molecule has 0 aliphatic carbocycles. The molecule has 0 atom stereocenters. The highest BCUT2D eigenvalue weighted by molar-refractivity contribution is 6.03. The minimum Gasteiger partial charge on any atom is -0.386 e. The SMILES string of the molecule is C=C(C)C(=O)OC(=O)c1ccc([N+](=O)[O-])cc1[N+](=O)[O-]. The number of hydrogen-bond donors (Lipinski definition) is 0. The second kappa shape index (κ2) is 5.69. The van der Waals surface area contributed by atoms with E-state index in [-0.39, 0.29) is 5.57 Å². The summed E-state index contributed by atoms with van der Waals surface area (Å²) in [6, 6.07) is 2.36. The number of nitrogens with zero attached hydrogens (tertiary/aromatic N) is 2. The highest BCUT2D eigenvalue weighted by Crippen LogP contribution is 2.25. The van der Waals surface area contributed by atoms with Crippen molar-refractivity contribution in [3.05, 3.63) is 56.1 Å². The molecule has 1 aromatic rings. The summed E-state index contributed by atoms with van der Waals surface area (Å²) in [7, 11) is 0. The molecule has 0 bridgehead atoms. The Bertz CT molecular complexity index is 636. The normalized spacial score (nSPS) is 9.65. The Morgan fingerprint density at radius 2 is 1.80 bits per heavy atom. The van der Waals surface area contributed by atoms with Crippen LogP contribution >= 0.6 is 0 Å². The van der Waals surface area contributed by atoms with Crippen LogP contribution in [-0.2, 0) is 9.53 Å². The van der Waals surface area contributed by atoms with Crippen LogP contribution in [0.3, 0.4) is 0 Å². The summed E-state index contributed by atoms with van der Waals surface area (Å²) in [6.45, 7) is 4.54. The largest absolute Gasteiger partial charge is 0.386 e. The molecule has 104 valence electrons. The predicted octanol–water partition coefficient (Wildman–Crippen LogP) is 1.76. The second-order valence-corrected chi connectivity index (χ2v) is 3.67. The van der Waals surface area contributed by atoms with Gasteiger partial charge in [-0.25, -0.2) is 9.59 Å². The number of rotatable bonds is 4. The average Bonchev–Trinajstić information content (AvgIpc) is 2.37. The predicted molar refractivity (Wildman–Crippen MR) is 65.0 cm³/mol. The fourth-order valence-corrected chi connectivity index (χ4v) is 1.18. The lowest BCUT2D eigenvalue weighted by molar-refractivity contribution is -0.394. The lowest BCUT2D eigenvalue weighted by atomic mass is 10.1. The fraction of sp³-hybridized carbons (Fsp3) is 0.0909. The molecule has 0 spiro atoms. The zero-order valence-electron chi connectivity index (χ0n) is 10.2. The minimum atomic E-state index is -1.28. The van der Waals surface area contributed by atoms with Gasteiger partial charge in [0.1, 0.15) is 5.56 Å². The van der Waals surface area contributed by atoms with E-state index in [1.165, 1.54) is 6.92 Å². The number of non-ortho nitro benzene ring substituents is 1. The van der Waals surface area contributed by atoms with E-state index in [4.69, 9.17) is 0 Å². The number of esters is 2. The number of hydrogen-bond acceptors (Lipinski definition) is 7. The Labute approximate surface area is 111 Å². The third kappa shape index (κ3) is 3.22. The number of benzene rings is 1. The molecule has 0 radical (unpaired) electrons. The van der Waals surface area contributed by atoms with E-state index >= 15 is 0 Å². The van der Waals surface area contributed by atoms with Gasteiger partial charge in [0, 0.05) is 11.6 Å². The molecule has 0 unspecified atom stereocenters. The van der Waals surface area contributed by atoms with Gasteiger partial charge in [-0.1, -0.05) is 6.58 Å². The van der Waals surface area contributed by atoms with Crippen molar-refractivity contribution < 1.29 is 24.2 Å². The molecule has 0 fully saturated rings. The summed E-state index contributed by atoms with van der Waals surface area (Å²) in [5, 5.41) is 21.3. The van der Waals surface area contributed by atoms with E-state index in [0.717, 1.165) is 12.1 Å². The van der Waals surface area contributed by atoms with Gasteiger partial charge >= 0.3 is 11.9 Å². The van der Waals surface area contributed by atoms with Crippen LogP contribution in [0.2, 0.25) is 0 Å². The Kier molecular flexibility index (Phi) is 4.26. The maximum Gasteiger partial charge on any atom is 0.353 e. The summed E-state index contributed by atoms with van der Waals surface area (Å²) in [5.41, 5.74) is -2.00. The summed E-state index contributed by atoms with van der Waals surface area (Å²) < 4.78 is 4.34. The number of carbonyl (C=O) groups is 2. The molecule has 1 rings (SSSR count). The quantitative estimate of drug-likeness (QED) is 0.270. The van der Waals surface area contributed by atoms with Gasteiger partial charge in [-0.15, -0.1) is 0 Å². The molecule has 20 heavy (non-hydrogen) atoms. The van der Waals surface area contributed by atoms with Gasteiger partial charge in [0.15, 0.2) is 0 Å². The van der Waals surface area contributed by atoms with Gasteiger partial charge in [-0.2, -0.15) is 0 Å². The summed E-state index contributed by atoms with van der Waals surface area (Å²) in [6.07, 6.45) is 0. The van der Waals surface area contributed by atoms with E-state index in [1.54, 1.807) is 0 Å². The van der Waals surface area contributed by atoms with Crippen molar-refractivity contribution in [3.63, 3.8) is 0 Å². The van der Waals surface area contributed by atoms with Crippen LogP contribution in [0, 0.1) is 20.2 Å². The maximum atomic E-state index is 11.6. The number of carbonyl (C=O) groups excluding carboxylic acids is 2. The molecule has 0 heterocycles. The van der Waals surface area contributed by atoms with Crippen molar-refractivity contribution in [2.24, 2.45) is 0 Å². The van der Waals surface area contributed by atoms with Gasteiger partial charge < -0.3 is 4.74 Å². The van der Waals surface area contributed by atoms with E-state index in [1.807, 2.05) is 0 Å². The summed E-state index contributed by atoms with van der Waals surface area (Å²) in [5.74, 6) is -2.32. The molecule has 0 amide bonds. The highest BCUT2D eigenvalue weighted by atomic mass is 16.6. The van der Waals surface area contributed by atoms with Gasteiger partial charge in [-0.3, -0.25) is 20.2 Å². The minimum absolute atomic E-state index is 0.0667. The molecular weight excluding hydrogens is 272 g/mol. The second-order valence-electron chi connectivity index (χ2n) is 3.67. The Hall–Kier alpha value is -3.10. The number of ether oxygens (including phenoxy) is 1. The van der Waals surface area contributed by atoms with Crippen molar-refractivity contribution in [2.75, 3.05) is 0 Å². The molecule has 0 N–H and O–H groups in total. The molecule has 0 aliphatic heterocycles. The first-order valence-corrected chi connectivity index (χ1v) is 5.09. The smallest absolute Gasteiger partial charge is 0.353 e. The number of nitro groups is 2. The Balaban J connectivity index is 3.21. The van der Waals surface area contributed by atoms with Crippen LogP contribution in [0.15, 0.2) is 30.4 Å². The highest BCUT2D eigenvalue weighted by Gasteiger charge is 2.26. The van der Waals surface area contributed by atoms with Crippen molar-refractivity contribution in [1.29, 1.82) is 0 Å². The van der Waals surface area contributed by atoms with Crippen molar-refractivity contribution in [3.8, 4) is 0 Å². The first kappa shape index (κ1) is 15.0. The molecule has 0 saturated carbocycles. The van der Waals surface area contributed by atoms with Crippen LogP contribution in [0.4, 0.5) is 11.4 Å². The van der Waals surface area contributed by atoms with E-state index in [2.05, 4.69) is 11.3 Å². The standard InChI is InChI=1S/C11H8N2O7/c1-6(2)10(14)20-11(15)8-4-3-7(12(16)17)5-9(8)13(18)19/h3-5H,1H2,2H3. The Morgan fingerprint density at radius 3 is 2.25 bits per heavy atom. The fourth-order valence-electron chi connectivity index (χ4n) is 1.18. The molecule has 9 heteroatoms. The van der Waals surface area contributed by atoms with Crippen molar-refractivity contribution in [1.82, 2.24) is 0 Å². The van der Waals surface area contributed by atoms with Crippen LogP contribution in [0.25, 0.3) is 0 Å². The number of nitro benzene ring substituents is 2. The summed E-state index contributed by atoms with van der Waals surface area (Å²) in [4.78, 5) is 42.3. The van der Waals surface area contributed by atoms with E-state index in [0.29, 0.717) is 6.07 Å². The molecule has 1 aromatic carbocycles. The monoisotopic (exact) mass is 280 g/mol. The molecule has 0 aliphatic rings. The molecule has 0 saturated heterocycles. The topological polar surface area (TPSA) is 130 Å². The van der Waals surface area contributed by atoms with Crippen molar-refractivity contribution >= 4 is 23.3 Å². The van der Waals surface area contributed by atoms with Gasteiger partial charge in [-0.05, 0) is 13.0 Å². The van der Waals surface area contributed by atoms with Crippen molar-refractivity contribution in [2.45, 2.75) is 6.92 Å². The first-order valence-electron chi connectivity index (χ1n) is 5.09. The zero-order chi connectivity index (χ0) is 15.4. The molecule has 0 aromatic heterocycles. The maximum absolute atomic E-state index is 11.6. The average molecular weight is 280 g/mol. The zero-order valence-corrected chi connectivity index (χ0v) is 10.2. The van der Waals surface area contributed by atoms with Crippen LogP contribution < -0.4 is 0 Å². The molecule has 9 nitrogen and oxygen atoms in total. The Morgan fingerprint density at radius 1 is 1.20 bits per heavy atom. The summed E-state index contributed by atoms with van der Waals surface area (Å²) >= 11 is 0. The van der Waals surface area contributed by atoms with Gasteiger partial charge in [0.2, 0.25) is 0 Å². The lowest BCUT2D eigenvalue weighted by Crippen LogP contribution is -2.14. The van der Waals surface area contributed by atoms with Crippen LogP contribution in [0.5, 0.6) is 0 Å².